The molecule has 1 N–H and O–H groups in total. The molecule has 0 unspecified atom stereocenters. The highest BCUT2D eigenvalue weighted by molar-refractivity contribution is 5.75. The van der Waals surface area contributed by atoms with E-state index in [4.69, 9.17) is 4.74 Å². The first kappa shape index (κ1) is 18.2. The average Bonchev–Trinajstić information content (AvgIpc) is 3.34. The number of carbonyl (C=O) groups excluding carboxylic acids is 1. The first-order valence-corrected chi connectivity index (χ1v) is 9.45. The number of rotatable bonds is 7. The summed E-state index contributed by atoms with van der Waals surface area (Å²) in [7, 11) is 1.90. The van der Waals surface area contributed by atoms with Gasteiger partial charge in [-0.3, -0.25) is 4.90 Å². The second-order valence-corrected chi connectivity index (χ2v) is 7.61. The Kier molecular flexibility index (Phi) is 5.97. The third-order valence-electron chi connectivity index (χ3n) is 5.27. The van der Waals surface area contributed by atoms with Gasteiger partial charge in [0.25, 0.3) is 0 Å². The summed E-state index contributed by atoms with van der Waals surface area (Å²) < 4.78 is 5.37. The molecule has 0 spiro atoms. The van der Waals surface area contributed by atoms with E-state index in [2.05, 4.69) is 41.4 Å². The number of ether oxygens (including phenoxy) is 1. The molecule has 2 fully saturated rings. The summed E-state index contributed by atoms with van der Waals surface area (Å²) in [5, 5.41) is 3.28. The van der Waals surface area contributed by atoms with Crippen LogP contribution in [0.5, 0.6) is 0 Å². The Morgan fingerprint density at radius 1 is 1.32 bits per heavy atom. The zero-order valence-electron chi connectivity index (χ0n) is 15.6. The van der Waals surface area contributed by atoms with Crippen LogP contribution in [0, 0.1) is 6.92 Å². The Bertz CT molecular complexity index is 580. The van der Waals surface area contributed by atoms with Crippen LogP contribution < -0.4 is 5.32 Å². The minimum atomic E-state index is -0.0245. The molecule has 138 valence electrons. The van der Waals surface area contributed by atoms with E-state index in [-0.39, 0.29) is 11.6 Å². The molecule has 5 heteroatoms. The minimum absolute atomic E-state index is 0.0245. The summed E-state index contributed by atoms with van der Waals surface area (Å²) in [4.78, 5) is 16.8. The number of carbonyl (C=O) groups is 1. The highest BCUT2D eigenvalue weighted by Crippen LogP contribution is 2.38. The van der Waals surface area contributed by atoms with Crippen molar-refractivity contribution in [1.82, 2.24) is 15.1 Å². The fourth-order valence-electron chi connectivity index (χ4n) is 3.49. The zero-order valence-corrected chi connectivity index (χ0v) is 15.6. The van der Waals surface area contributed by atoms with Crippen molar-refractivity contribution in [3.05, 3.63) is 35.4 Å². The number of urea groups is 1. The van der Waals surface area contributed by atoms with Crippen LogP contribution in [0.2, 0.25) is 0 Å². The molecule has 1 aliphatic heterocycles. The number of aryl methyl sites for hydroxylation is 1. The van der Waals surface area contributed by atoms with Gasteiger partial charge in [-0.15, -0.1) is 0 Å². The number of nitrogens with zero attached hydrogens (tertiary/aromatic N) is 2. The van der Waals surface area contributed by atoms with Crippen molar-refractivity contribution in [3.8, 4) is 0 Å². The zero-order chi connectivity index (χ0) is 17.7. The molecule has 1 aromatic carbocycles. The van der Waals surface area contributed by atoms with Crippen molar-refractivity contribution in [2.24, 2.45) is 0 Å². The average molecular weight is 345 g/mol. The van der Waals surface area contributed by atoms with Crippen molar-refractivity contribution in [2.75, 3.05) is 46.4 Å². The first-order valence-electron chi connectivity index (χ1n) is 9.45. The van der Waals surface area contributed by atoms with Crippen molar-refractivity contribution >= 4 is 6.03 Å². The molecule has 1 saturated heterocycles. The van der Waals surface area contributed by atoms with Gasteiger partial charge >= 0.3 is 6.03 Å². The molecule has 1 heterocycles. The Morgan fingerprint density at radius 3 is 2.76 bits per heavy atom. The van der Waals surface area contributed by atoms with E-state index in [1.807, 2.05) is 11.9 Å². The van der Waals surface area contributed by atoms with Crippen LogP contribution in [0.4, 0.5) is 4.79 Å². The van der Waals surface area contributed by atoms with Gasteiger partial charge in [0.15, 0.2) is 0 Å². The van der Waals surface area contributed by atoms with Crippen molar-refractivity contribution in [3.63, 3.8) is 0 Å². The molecule has 25 heavy (non-hydrogen) atoms. The van der Waals surface area contributed by atoms with E-state index < -0.39 is 0 Å². The van der Waals surface area contributed by atoms with E-state index in [0.717, 1.165) is 65.1 Å². The maximum absolute atomic E-state index is 12.5. The Labute approximate surface area is 151 Å². The number of hydrogen-bond donors (Lipinski definition) is 1. The Hall–Kier alpha value is -1.59. The predicted octanol–water partition coefficient (Wildman–Crippen LogP) is 2.43. The molecule has 1 aliphatic carbocycles. The van der Waals surface area contributed by atoms with Gasteiger partial charge in [0.05, 0.1) is 13.2 Å². The molecular formula is C20H31N3O2. The van der Waals surface area contributed by atoms with Gasteiger partial charge in [0.2, 0.25) is 0 Å². The lowest BCUT2D eigenvalue weighted by Gasteiger charge is -2.28. The van der Waals surface area contributed by atoms with Crippen molar-refractivity contribution in [2.45, 2.75) is 38.1 Å². The third-order valence-corrected chi connectivity index (χ3v) is 5.27. The summed E-state index contributed by atoms with van der Waals surface area (Å²) in [6.07, 6.45) is 4.10. The number of nitrogens with one attached hydrogen (secondary N) is 1. The van der Waals surface area contributed by atoms with Crippen LogP contribution in [0.1, 0.15) is 30.4 Å². The minimum Gasteiger partial charge on any atom is -0.379 e. The maximum atomic E-state index is 12.5. The lowest BCUT2D eigenvalue weighted by Crippen LogP contribution is -2.46. The summed E-state index contributed by atoms with van der Waals surface area (Å²) in [6, 6.07) is 8.65. The van der Waals surface area contributed by atoms with Gasteiger partial charge in [0.1, 0.15) is 0 Å². The van der Waals surface area contributed by atoms with Gasteiger partial charge in [-0.2, -0.15) is 0 Å². The highest BCUT2D eigenvalue weighted by Gasteiger charge is 2.44. The molecule has 2 amide bonds. The van der Waals surface area contributed by atoms with E-state index in [9.17, 15) is 4.79 Å². The van der Waals surface area contributed by atoms with Gasteiger partial charge in [-0.25, -0.2) is 4.79 Å². The summed E-state index contributed by atoms with van der Waals surface area (Å²) in [5.74, 6) is 0. The van der Waals surface area contributed by atoms with Crippen LogP contribution in [0.15, 0.2) is 24.3 Å². The smallest absolute Gasteiger partial charge is 0.317 e. The Morgan fingerprint density at radius 2 is 2.08 bits per heavy atom. The lowest BCUT2D eigenvalue weighted by molar-refractivity contribution is 0.0367. The number of benzene rings is 1. The topological polar surface area (TPSA) is 44.8 Å². The van der Waals surface area contributed by atoms with E-state index >= 15 is 0 Å². The fourth-order valence-corrected chi connectivity index (χ4v) is 3.49. The summed E-state index contributed by atoms with van der Waals surface area (Å²) >= 11 is 0. The number of morpholine rings is 1. The second kappa shape index (κ2) is 8.19. The fraction of sp³-hybridized carbons (Fsp3) is 0.650. The molecule has 0 radical (unpaired) electrons. The lowest BCUT2D eigenvalue weighted by atomic mass is 10.0. The molecular weight excluding hydrogens is 314 g/mol. The molecule has 5 nitrogen and oxygen atoms in total. The van der Waals surface area contributed by atoms with Crippen LogP contribution in [-0.2, 0) is 11.2 Å². The van der Waals surface area contributed by atoms with Crippen LogP contribution in [0.25, 0.3) is 0 Å². The molecule has 2 aliphatic rings. The third kappa shape index (κ3) is 5.44. The summed E-state index contributed by atoms with van der Waals surface area (Å²) in [6.45, 7) is 7.63. The van der Waals surface area contributed by atoms with Crippen LogP contribution in [0.3, 0.4) is 0 Å². The second-order valence-electron chi connectivity index (χ2n) is 7.61. The Balaban J connectivity index is 1.41. The maximum Gasteiger partial charge on any atom is 0.317 e. The first-order chi connectivity index (χ1) is 12.1. The van der Waals surface area contributed by atoms with E-state index in [0.29, 0.717) is 0 Å². The predicted molar refractivity (Wildman–Crippen MR) is 99.9 cm³/mol. The molecule has 0 aromatic heterocycles. The summed E-state index contributed by atoms with van der Waals surface area (Å²) in [5.41, 5.74) is 2.57. The molecule has 0 atom stereocenters. The molecule has 1 aromatic rings. The van der Waals surface area contributed by atoms with Crippen molar-refractivity contribution in [1.29, 1.82) is 0 Å². The van der Waals surface area contributed by atoms with Gasteiger partial charge in [-0.1, -0.05) is 29.8 Å². The molecule has 3 rings (SSSR count). The van der Waals surface area contributed by atoms with E-state index in [1.165, 1.54) is 11.1 Å². The molecule has 0 bridgehead atoms. The highest BCUT2D eigenvalue weighted by atomic mass is 16.5. The monoisotopic (exact) mass is 345 g/mol. The van der Waals surface area contributed by atoms with Gasteiger partial charge < -0.3 is 15.0 Å². The standard InChI is InChI=1S/C20H31N3O2/c1-17-5-3-6-18(15-17)16-20(7-8-20)21-19(24)22(2)9-4-10-23-11-13-25-14-12-23/h3,5-6,15H,4,7-14,16H2,1-2H3,(H,21,24). The molecule has 1 saturated carbocycles. The van der Waals surface area contributed by atoms with Gasteiger partial charge in [0, 0.05) is 38.8 Å². The van der Waals surface area contributed by atoms with Crippen LogP contribution in [-0.4, -0.2) is 67.8 Å². The van der Waals surface area contributed by atoms with Gasteiger partial charge in [-0.05, 0) is 38.2 Å². The largest absolute Gasteiger partial charge is 0.379 e. The number of amides is 2. The van der Waals surface area contributed by atoms with E-state index in [1.54, 1.807) is 0 Å². The quantitative estimate of drug-likeness (QED) is 0.825. The SMILES string of the molecule is Cc1cccc(CC2(NC(=O)N(C)CCCN3CCOCC3)CC2)c1. The van der Waals surface area contributed by atoms with Crippen molar-refractivity contribution < 1.29 is 9.53 Å². The van der Waals surface area contributed by atoms with Crippen LogP contribution >= 0.6 is 0 Å². The number of hydrogen-bond acceptors (Lipinski definition) is 3. The normalized spacial score (nSPS) is 19.4.